The highest BCUT2D eigenvalue weighted by molar-refractivity contribution is 6.30. The van der Waals surface area contributed by atoms with Crippen LogP contribution in [-0.2, 0) is 14.4 Å². The van der Waals surface area contributed by atoms with Crippen molar-refractivity contribution in [1.82, 2.24) is 10.2 Å². The number of hydrogen-bond acceptors (Lipinski definition) is 6. The molecule has 1 saturated heterocycles. The summed E-state index contributed by atoms with van der Waals surface area (Å²) in [7, 11) is 1.26. The van der Waals surface area contributed by atoms with E-state index in [1.165, 1.54) is 37.4 Å². The zero-order chi connectivity index (χ0) is 16.3. The van der Waals surface area contributed by atoms with Crippen LogP contribution in [0.25, 0.3) is 6.08 Å². The van der Waals surface area contributed by atoms with Gasteiger partial charge in [-0.05, 0) is 23.8 Å². The van der Waals surface area contributed by atoms with Crippen molar-refractivity contribution in [3.05, 3.63) is 35.4 Å². The van der Waals surface area contributed by atoms with Crippen molar-refractivity contribution in [1.29, 1.82) is 0 Å². The number of urea groups is 1. The van der Waals surface area contributed by atoms with Gasteiger partial charge in [0.25, 0.3) is 11.8 Å². The van der Waals surface area contributed by atoms with Crippen LogP contribution in [0.15, 0.2) is 29.8 Å². The van der Waals surface area contributed by atoms with Crippen LogP contribution in [0.2, 0.25) is 0 Å². The largest absolute Gasteiger partial charge is 0.546 e. The molecule has 22 heavy (non-hydrogen) atoms. The lowest BCUT2D eigenvalue weighted by atomic mass is 10.1. The molecule has 0 spiro atoms. The summed E-state index contributed by atoms with van der Waals surface area (Å²) in [5.74, 6) is -2.52. The molecule has 8 heteroatoms. The molecular weight excluding hydrogens is 292 g/mol. The predicted molar refractivity (Wildman–Crippen MR) is 71.2 cm³/mol. The van der Waals surface area contributed by atoms with E-state index in [1.807, 2.05) is 5.32 Å². The number of rotatable bonds is 4. The smallest absolute Gasteiger partial charge is 0.331 e. The second-order valence-electron chi connectivity index (χ2n) is 4.41. The quantitative estimate of drug-likeness (QED) is 0.558. The van der Waals surface area contributed by atoms with E-state index in [2.05, 4.69) is 0 Å². The number of imide groups is 2. The van der Waals surface area contributed by atoms with Gasteiger partial charge in [0.15, 0.2) is 0 Å². The lowest BCUT2D eigenvalue weighted by molar-refractivity contribution is -0.307. The van der Waals surface area contributed by atoms with E-state index in [4.69, 9.17) is 4.74 Å². The zero-order valence-electron chi connectivity index (χ0n) is 11.5. The normalized spacial score (nSPS) is 16.7. The molecule has 0 saturated carbocycles. The van der Waals surface area contributed by atoms with Crippen molar-refractivity contribution in [3.63, 3.8) is 0 Å². The van der Waals surface area contributed by atoms with Crippen LogP contribution in [-0.4, -0.2) is 42.4 Å². The molecule has 1 N–H and O–H groups in total. The molecule has 114 valence electrons. The molecule has 0 bridgehead atoms. The van der Waals surface area contributed by atoms with Gasteiger partial charge in [-0.25, -0.2) is 4.79 Å². The fraction of sp³-hybridized carbons (Fsp3) is 0.143. The van der Waals surface area contributed by atoms with Gasteiger partial charge >= 0.3 is 6.03 Å². The van der Waals surface area contributed by atoms with Crippen molar-refractivity contribution in [2.24, 2.45) is 0 Å². The van der Waals surface area contributed by atoms with Crippen molar-refractivity contribution in [2.75, 3.05) is 13.7 Å². The second-order valence-corrected chi connectivity index (χ2v) is 4.41. The third-order valence-corrected chi connectivity index (χ3v) is 2.85. The number of carbonyl (C=O) groups is 4. The van der Waals surface area contributed by atoms with Crippen LogP contribution in [0, 0.1) is 0 Å². The van der Waals surface area contributed by atoms with Gasteiger partial charge in [0, 0.05) is 7.05 Å². The summed E-state index contributed by atoms with van der Waals surface area (Å²) in [6.45, 7) is -0.575. The number of ether oxygens (including phenoxy) is 1. The van der Waals surface area contributed by atoms with E-state index in [0.29, 0.717) is 11.3 Å². The first-order chi connectivity index (χ1) is 10.4. The van der Waals surface area contributed by atoms with Gasteiger partial charge in [-0.3, -0.25) is 19.8 Å². The van der Waals surface area contributed by atoms with E-state index in [0.717, 1.165) is 4.90 Å². The number of barbiturate groups is 1. The molecule has 0 aromatic heterocycles. The van der Waals surface area contributed by atoms with E-state index >= 15 is 0 Å². The first-order valence-corrected chi connectivity index (χ1v) is 6.16. The maximum atomic E-state index is 11.9. The fourth-order valence-electron chi connectivity index (χ4n) is 1.71. The summed E-state index contributed by atoms with van der Waals surface area (Å²) in [5.41, 5.74) is 0.340. The molecule has 2 rings (SSSR count). The van der Waals surface area contributed by atoms with Gasteiger partial charge < -0.3 is 14.6 Å². The monoisotopic (exact) mass is 303 g/mol. The lowest BCUT2D eigenvalue weighted by Gasteiger charge is -2.22. The Hall–Kier alpha value is -3.16. The molecule has 4 amide bonds. The maximum Gasteiger partial charge on any atom is 0.331 e. The summed E-state index contributed by atoms with van der Waals surface area (Å²) >= 11 is 0. The van der Waals surface area contributed by atoms with Gasteiger partial charge in [-0.1, -0.05) is 12.1 Å². The highest BCUT2D eigenvalue weighted by Gasteiger charge is 2.32. The number of likely N-dealkylation sites (N-methyl/N-ethyl adjacent to an activating group) is 1. The number of carboxylic acid groups (broad SMARTS) is 1. The number of carboxylic acids is 1. The van der Waals surface area contributed by atoms with Crippen LogP contribution in [0.4, 0.5) is 4.79 Å². The molecule has 1 fully saturated rings. The maximum absolute atomic E-state index is 11.9. The Morgan fingerprint density at radius 3 is 2.50 bits per heavy atom. The molecule has 0 unspecified atom stereocenters. The average molecular weight is 303 g/mol. The Balaban J connectivity index is 2.18. The van der Waals surface area contributed by atoms with Gasteiger partial charge in [-0.2, -0.15) is 0 Å². The highest BCUT2D eigenvalue weighted by atomic mass is 16.5. The van der Waals surface area contributed by atoms with E-state index in [9.17, 15) is 24.3 Å². The van der Waals surface area contributed by atoms with E-state index < -0.39 is 30.4 Å². The Morgan fingerprint density at radius 2 is 1.91 bits per heavy atom. The van der Waals surface area contributed by atoms with Crippen molar-refractivity contribution in [2.45, 2.75) is 0 Å². The molecular formula is C14H11N2O6-. The van der Waals surface area contributed by atoms with Gasteiger partial charge in [-0.15, -0.1) is 0 Å². The fourth-order valence-corrected chi connectivity index (χ4v) is 1.71. The van der Waals surface area contributed by atoms with Crippen molar-refractivity contribution >= 4 is 29.9 Å². The first-order valence-electron chi connectivity index (χ1n) is 6.16. The SMILES string of the molecule is CN1C(=O)NC(=O)/C(=C/c2ccc(OCC(=O)[O-])cc2)C1=O. The van der Waals surface area contributed by atoms with E-state index in [-0.39, 0.29) is 5.57 Å². The third kappa shape index (κ3) is 3.29. The minimum absolute atomic E-state index is 0.175. The molecule has 1 heterocycles. The zero-order valence-corrected chi connectivity index (χ0v) is 11.5. The molecule has 0 radical (unpaired) electrons. The lowest BCUT2D eigenvalue weighted by Crippen LogP contribution is -2.52. The highest BCUT2D eigenvalue weighted by Crippen LogP contribution is 2.17. The summed E-state index contributed by atoms with van der Waals surface area (Å²) in [4.78, 5) is 45.9. The first kappa shape index (κ1) is 15.2. The molecule has 1 aliphatic rings. The Morgan fingerprint density at radius 1 is 1.27 bits per heavy atom. The number of amides is 4. The minimum atomic E-state index is -1.34. The number of aliphatic carboxylic acids is 1. The molecule has 0 atom stereocenters. The molecule has 1 aliphatic heterocycles. The second kappa shape index (κ2) is 6.08. The summed E-state index contributed by atoms with van der Waals surface area (Å²) in [6.07, 6.45) is 1.32. The number of benzene rings is 1. The topological polar surface area (TPSA) is 116 Å². The standard InChI is InChI=1S/C14H12N2O6/c1-16-13(20)10(12(19)15-14(16)21)6-8-2-4-9(5-3-8)22-7-11(17)18/h2-6H,7H2,1H3,(H,17,18)(H,15,19,21)/p-1/b10-6-. The summed E-state index contributed by atoms with van der Waals surface area (Å²) in [6, 6.07) is 5.26. The Bertz CT molecular complexity index is 677. The summed E-state index contributed by atoms with van der Waals surface area (Å²) < 4.78 is 4.90. The third-order valence-electron chi connectivity index (χ3n) is 2.85. The van der Waals surface area contributed by atoms with Crippen LogP contribution in [0.3, 0.4) is 0 Å². The number of nitrogens with zero attached hydrogens (tertiary/aromatic N) is 1. The van der Waals surface area contributed by atoms with Crippen LogP contribution >= 0.6 is 0 Å². The molecule has 8 nitrogen and oxygen atoms in total. The number of carbonyl (C=O) groups excluding carboxylic acids is 4. The minimum Gasteiger partial charge on any atom is -0.546 e. The van der Waals surface area contributed by atoms with E-state index in [1.54, 1.807) is 0 Å². The molecule has 0 aliphatic carbocycles. The Labute approximate surface area is 125 Å². The average Bonchev–Trinajstić information content (AvgIpc) is 2.48. The molecule has 1 aromatic rings. The molecule has 1 aromatic carbocycles. The van der Waals surface area contributed by atoms with Crippen LogP contribution in [0.5, 0.6) is 5.75 Å². The van der Waals surface area contributed by atoms with Gasteiger partial charge in [0.1, 0.15) is 17.9 Å². The van der Waals surface area contributed by atoms with Gasteiger partial charge in [0.05, 0.1) is 5.97 Å². The van der Waals surface area contributed by atoms with Crippen molar-refractivity contribution < 1.29 is 29.0 Å². The summed E-state index contributed by atoms with van der Waals surface area (Å²) in [5, 5.41) is 12.3. The predicted octanol–water partition coefficient (Wildman–Crippen LogP) is -1.09. The number of hydrogen-bond donors (Lipinski definition) is 1. The van der Waals surface area contributed by atoms with Crippen LogP contribution < -0.4 is 15.2 Å². The Kier molecular flexibility index (Phi) is 4.21. The van der Waals surface area contributed by atoms with Crippen molar-refractivity contribution in [3.8, 4) is 5.75 Å². The number of nitrogens with one attached hydrogen (secondary N) is 1. The van der Waals surface area contributed by atoms with Gasteiger partial charge in [0.2, 0.25) is 0 Å². The van der Waals surface area contributed by atoms with Crippen LogP contribution in [0.1, 0.15) is 5.56 Å².